The number of benzene rings is 1. The van der Waals surface area contributed by atoms with Crippen LogP contribution in [0.4, 0.5) is 0 Å². The van der Waals surface area contributed by atoms with Crippen LogP contribution in [0.15, 0.2) is 52.1 Å². The van der Waals surface area contributed by atoms with Crippen LogP contribution in [0.5, 0.6) is 0 Å². The van der Waals surface area contributed by atoms with Crippen molar-refractivity contribution < 1.29 is 4.42 Å². The van der Waals surface area contributed by atoms with Crippen LogP contribution >= 0.6 is 24.0 Å². The van der Waals surface area contributed by atoms with Crippen molar-refractivity contribution in [3.8, 4) is 0 Å². The van der Waals surface area contributed by atoms with Gasteiger partial charge < -0.3 is 15.1 Å². The van der Waals surface area contributed by atoms with Gasteiger partial charge >= 0.3 is 0 Å². The number of nitrogens with zero attached hydrogens (tertiary/aromatic N) is 1. The molecule has 0 radical (unpaired) electrons. The van der Waals surface area contributed by atoms with Crippen LogP contribution in [-0.2, 0) is 13.1 Å². The molecule has 0 aliphatic heterocycles. The van der Waals surface area contributed by atoms with Gasteiger partial charge in [0.15, 0.2) is 5.96 Å². The predicted molar refractivity (Wildman–Crippen MR) is 97.0 cm³/mol. The molecule has 0 amide bonds. The van der Waals surface area contributed by atoms with Crippen LogP contribution in [0.2, 0.25) is 0 Å². The molecule has 0 saturated carbocycles. The molecular weight excluding hydrogens is 377 g/mol. The van der Waals surface area contributed by atoms with E-state index in [1.807, 2.05) is 12.1 Å². The summed E-state index contributed by atoms with van der Waals surface area (Å²) in [6, 6.07) is 12.2. The minimum Gasteiger partial charge on any atom is -0.467 e. The maximum Gasteiger partial charge on any atom is 0.191 e. The van der Waals surface area contributed by atoms with E-state index in [1.54, 1.807) is 6.26 Å². The van der Waals surface area contributed by atoms with Gasteiger partial charge in [0.05, 0.1) is 19.4 Å². The Morgan fingerprint density at radius 1 is 1.19 bits per heavy atom. The molecule has 114 valence electrons. The number of furan rings is 1. The molecule has 2 N–H and O–H groups in total. The van der Waals surface area contributed by atoms with Crippen molar-refractivity contribution in [1.29, 1.82) is 0 Å². The lowest BCUT2D eigenvalue weighted by molar-refractivity contribution is 0.501. The van der Waals surface area contributed by atoms with Gasteiger partial charge in [0.1, 0.15) is 5.76 Å². The molecule has 0 unspecified atom stereocenters. The zero-order valence-electron chi connectivity index (χ0n) is 12.4. The minimum absolute atomic E-state index is 0. The Hall–Kier alpha value is -1.50. The first kappa shape index (κ1) is 17.6. The van der Waals surface area contributed by atoms with Crippen LogP contribution in [0.25, 0.3) is 0 Å². The number of hydrogen-bond donors (Lipinski definition) is 2. The zero-order valence-corrected chi connectivity index (χ0v) is 14.8. The first-order chi connectivity index (χ1) is 9.78. The van der Waals surface area contributed by atoms with Gasteiger partial charge in [-0.1, -0.05) is 29.8 Å². The molecule has 1 aromatic heterocycles. The van der Waals surface area contributed by atoms with Gasteiger partial charge in [0.2, 0.25) is 0 Å². The highest BCUT2D eigenvalue weighted by molar-refractivity contribution is 14.0. The molecule has 0 bridgehead atoms. The lowest BCUT2D eigenvalue weighted by atomic mass is 10.1. The Labute approximate surface area is 143 Å². The number of aliphatic imine (C=N–C) groups is 1. The standard InChI is InChI=1S/C16H21N3O.HI/c1-3-17-16(19-12-15-8-5-9-20-15)18-11-14-7-4-6-13(2)10-14;/h4-10H,3,11-12H2,1-2H3,(H2,17,18,19);1H. The lowest BCUT2D eigenvalue weighted by Gasteiger charge is -2.10. The van der Waals surface area contributed by atoms with Crippen molar-refractivity contribution in [1.82, 2.24) is 10.6 Å². The number of halogens is 1. The van der Waals surface area contributed by atoms with E-state index >= 15 is 0 Å². The third-order valence-corrected chi connectivity index (χ3v) is 2.86. The van der Waals surface area contributed by atoms with Crippen LogP contribution in [0.1, 0.15) is 23.8 Å². The second kappa shape index (κ2) is 9.44. The molecular formula is C16H22IN3O. The van der Waals surface area contributed by atoms with E-state index < -0.39 is 0 Å². The molecule has 1 aromatic carbocycles. The molecule has 0 aliphatic carbocycles. The molecule has 0 saturated heterocycles. The van der Waals surface area contributed by atoms with E-state index in [4.69, 9.17) is 4.42 Å². The van der Waals surface area contributed by atoms with E-state index in [0.29, 0.717) is 13.1 Å². The fourth-order valence-corrected chi connectivity index (χ4v) is 1.91. The molecule has 1 heterocycles. The molecule has 2 aromatic rings. The van der Waals surface area contributed by atoms with Gasteiger partial charge in [0, 0.05) is 6.54 Å². The number of nitrogens with one attached hydrogen (secondary N) is 2. The van der Waals surface area contributed by atoms with Gasteiger partial charge in [0.25, 0.3) is 0 Å². The van der Waals surface area contributed by atoms with E-state index in [1.165, 1.54) is 11.1 Å². The summed E-state index contributed by atoms with van der Waals surface area (Å²) < 4.78 is 5.30. The van der Waals surface area contributed by atoms with Crippen molar-refractivity contribution >= 4 is 29.9 Å². The summed E-state index contributed by atoms with van der Waals surface area (Å²) in [5.41, 5.74) is 2.46. The van der Waals surface area contributed by atoms with Crippen molar-refractivity contribution in [3.63, 3.8) is 0 Å². The Morgan fingerprint density at radius 3 is 2.71 bits per heavy atom. The molecule has 21 heavy (non-hydrogen) atoms. The normalized spacial score (nSPS) is 10.9. The second-order valence-corrected chi connectivity index (χ2v) is 4.62. The quantitative estimate of drug-likeness (QED) is 0.460. The SMILES string of the molecule is CCNC(=NCc1cccc(C)c1)NCc1ccco1.I. The van der Waals surface area contributed by atoms with Crippen LogP contribution in [0, 0.1) is 6.92 Å². The zero-order chi connectivity index (χ0) is 14.2. The van der Waals surface area contributed by atoms with E-state index in [0.717, 1.165) is 18.3 Å². The Bertz CT molecular complexity index is 552. The highest BCUT2D eigenvalue weighted by Gasteiger charge is 2.00. The Balaban J connectivity index is 0.00000220. The van der Waals surface area contributed by atoms with Crippen molar-refractivity contribution in [3.05, 3.63) is 59.5 Å². The van der Waals surface area contributed by atoms with Gasteiger partial charge in [-0.2, -0.15) is 0 Å². The fourth-order valence-electron chi connectivity index (χ4n) is 1.91. The summed E-state index contributed by atoms with van der Waals surface area (Å²) in [6.45, 7) is 6.27. The van der Waals surface area contributed by atoms with E-state index in [2.05, 4.69) is 53.7 Å². The van der Waals surface area contributed by atoms with Gasteiger partial charge in [-0.05, 0) is 31.5 Å². The van der Waals surface area contributed by atoms with Crippen molar-refractivity contribution in [2.24, 2.45) is 4.99 Å². The number of hydrogen-bond acceptors (Lipinski definition) is 2. The third kappa shape index (κ3) is 6.20. The average molecular weight is 399 g/mol. The number of aryl methyl sites for hydroxylation is 1. The summed E-state index contributed by atoms with van der Waals surface area (Å²) in [6.07, 6.45) is 1.67. The summed E-state index contributed by atoms with van der Waals surface area (Å²) in [5, 5.41) is 6.48. The molecule has 5 heteroatoms. The Kier molecular flexibility index (Phi) is 7.89. The number of rotatable bonds is 5. The topological polar surface area (TPSA) is 49.6 Å². The summed E-state index contributed by atoms with van der Waals surface area (Å²) in [7, 11) is 0. The van der Waals surface area contributed by atoms with Crippen LogP contribution in [0.3, 0.4) is 0 Å². The van der Waals surface area contributed by atoms with E-state index in [-0.39, 0.29) is 24.0 Å². The average Bonchev–Trinajstić information content (AvgIpc) is 2.95. The monoisotopic (exact) mass is 399 g/mol. The minimum atomic E-state index is 0. The highest BCUT2D eigenvalue weighted by atomic mass is 127. The molecule has 2 rings (SSSR count). The largest absolute Gasteiger partial charge is 0.467 e. The van der Waals surface area contributed by atoms with Gasteiger partial charge in [-0.3, -0.25) is 0 Å². The maximum atomic E-state index is 5.30. The number of guanidine groups is 1. The summed E-state index contributed by atoms with van der Waals surface area (Å²) in [4.78, 5) is 4.58. The van der Waals surface area contributed by atoms with E-state index in [9.17, 15) is 0 Å². The van der Waals surface area contributed by atoms with Crippen LogP contribution in [-0.4, -0.2) is 12.5 Å². The fraction of sp³-hybridized carbons (Fsp3) is 0.312. The molecule has 0 atom stereocenters. The van der Waals surface area contributed by atoms with Crippen molar-refractivity contribution in [2.75, 3.05) is 6.54 Å². The highest BCUT2D eigenvalue weighted by Crippen LogP contribution is 2.05. The van der Waals surface area contributed by atoms with Crippen LogP contribution < -0.4 is 10.6 Å². The summed E-state index contributed by atoms with van der Waals surface area (Å²) in [5.74, 6) is 1.69. The maximum absolute atomic E-state index is 5.30. The first-order valence-electron chi connectivity index (χ1n) is 6.88. The summed E-state index contributed by atoms with van der Waals surface area (Å²) >= 11 is 0. The molecule has 0 aliphatic rings. The molecule has 0 fully saturated rings. The van der Waals surface area contributed by atoms with Crippen molar-refractivity contribution in [2.45, 2.75) is 26.9 Å². The predicted octanol–water partition coefficient (Wildman–Crippen LogP) is 3.46. The van der Waals surface area contributed by atoms with Gasteiger partial charge in [-0.15, -0.1) is 24.0 Å². The second-order valence-electron chi connectivity index (χ2n) is 4.62. The lowest BCUT2D eigenvalue weighted by Crippen LogP contribution is -2.36. The first-order valence-corrected chi connectivity index (χ1v) is 6.88. The smallest absolute Gasteiger partial charge is 0.191 e. The molecule has 0 spiro atoms. The third-order valence-electron chi connectivity index (χ3n) is 2.86. The Morgan fingerprint density at radius 2 is 2.05 bits per heavy atom. The van der Waals surface area contributed by atoms with Gasteiger partial charge in [-0.25, -0.2) is 4.99 Å². The molecule has 4 nitrogen and oxygen atoms in total.